The molecule has 20 heavy (non-hydrogen) atoms. The summed E-state index contributed by atoms with van der Waals surface area (Å²) in [7, 11) is 0. The molecule has 3 nitrogen and oxygen atoms in total. The highest BCUT2D eigenvalue weighted by atomic mass is 35.5. The van der Waals surface area contributed by atoms with Crippen molar-refractivity contribution < 1.29 is 17.6 Å². The molecule has 0 unspecified atom stereocenters. The van der Waals surface area contributed by atoms with Crippen molar-refractivity contribution in [2.24, 2.45) is 0 Å². The molecule has 1 aromatic carbocycles. The van der Waals surface area contributed by atoms with Crippen molar-refractivity contribution in [1.82, 2.24) is 9.97 Å². The fraction of sp³-hybridized carbons (Fsp3) is 0.167. The lowest BCUT2D eigenvalue weighted by molar-refractivity contribution is -0.144. The van der Waals surface area contributed by atoms with Gasteiger partial charge in [0.05, 0.1) is 0 Å². The van der Waals surface area contributed by atoms with Gasteiger partial charge in [-0.15, -0.1) is 0 Å². The van der Waals surface area contributed by atoms with Crippen LogP contribution in [-0.4, -0.2) is 9.97 Å². The molecule has 0 amide bonds. The van der Waals surface area contributed by atoms with Crippen molar-refractivity contribution in [2.75, 3.05) is 5.32 Å². The number of hydrogen-bond acceptors (Lipinski definition) is 3. The molecule has 0 spiro atoms. The number of hydrogen-bond donors (Lipinski definition) is 1. The molecule has 0 fully saturated rings. The van der Waals surface area contributed by atoms with E-state index in [4.69, 9.17) is 11.6 Å². The number of rotatable bonds is 3. The fourth-order valence-corrected chi connectivity index (χ4v) is 1.65. The second-order valence-electron chi connectivity index (χ2n) is 3.84. The van der Waals surface area contributed by atoms with E-state index in [-0.39, 0.29) is 17.5 Å². The first-order valence-electron chi connectivity index (χ1n) is 5.45. The molecule has 8 heteroatoms. The van der Waals surface area contributed by atoms with Crippen LogP contribution in [0.15, 0.2) is 30.3 Å². The summed E-state index contributed by atoms with van der Waals surface area (Å²) in [6.45, 7) is -0.0166. The molecule has 1 N–H and O–H groups in total. The summed E-state index contributed by atoms with van der Waals surface area (Å²) < 4.78 is 50.9. The zero-order valence-electron chi connectivity index (χ0n) is 9.88. The van der Waals surface area contributed by atoms with Crippen LogP contribution in [0.5, 0.6) is 0 Å². The molecule has 0 aliphatic carbocycles. The van der Waals surface area contributed by atoms with Crippen LogP contribution in [0, 0.1) is 5.82 Å². The third-order valence-corrected chi connectivity index (χ3v) is 2.56. The second kappa shape index (κ2) is 5.62. The summed E-state index contributed by atoms with van der Waals surface area (Å²) in [5, 5.41) is 2.24. The Morgan fingerprint density at radius 2 is 1.85 bits per heavy atom. The molecule has 2 rings (SSSR count). The first-order valence-corrected chi connectivity index (χ1v) is 5.83. The van der Waals surface area contributed by atoms with Crippen LogP contribution in [0.1, 0.15) is 11.4 Å². The van der Waals surface area contributed by atoms with Gasteiger partial charge in [-0.05, 0) is 6.07 Å². The lowest BCUT2D eigenvalue weighted by Crippen LogP contribution is -2.13. The summed E-state index contributed by atoms with van der Waals surface area (Å²) >= 11 is 5.50. The van der Waals surface area contributed by atoms with Gasteiger partial charge in [-0.2, -0.15) is 13.2 Å². The maximum absolute atomic E-state index is 13.4. The fourth-order valence-electron chi connectivity index (χ4n) is 1.46. The van der Waals surface area contributed by atoms with Crippen LogP contribution < -0.4 is 5.32 Å². The molecular weight excluding hydrogens is 298 g/mol. The topological polar surface area (TPSA) is 37.8 Å². The summed E-state index contributed by atoms with van der Waals surface area (Å²) in [5.41, 5.74) is 0.302. The Labute approximate surface area is 116 Å². The third-order valence-electron chi connectivity index (χ3n) is 2.37. The summed E-state index contributed by atoms with van der Waals surface area (Å²) in [6, 6.07) is 7.04. The predicted molar refractivity (Wildman–Crippen MR) is 65.8 cm³/mol. The Morgan fingerprint density at radius 3 is 2.50 bits per heavy atom. The Balaban J connectivity index is 2.18. The minimum Gasteiger partial charge on any atom is -0.366 e. The molecular formula is C12H8ClF4N3. The van der Waals surface area contributed by atoms with E-state index in [2.05, 4.69) is 15.3 Å². The molecule has 0 saturated heterocycles. The van der Waals surface area contributed by atoms with Gasteiger partial charge < -0.3 is 5.32 Å². The van der Waals surface area contributed by atoms with Crippen molar-refractivity contribution in [3.63, 3.8) is 0 Å². The number of halogens is 5. The van der Waals surface area contributed by atoms with Gasteiger partial charge in [-0.1, -0.05) is 29.8 Å². The average molecular weight is 306 g/mol. The highest BCUT2D eigenvalue weighted by Crippen LogP contribution is 2.28. The molecule has 2 aromatic rings. The molecule has 0 aliphatic rings. The standard InChI is InChI=1S/C12H8ClF4N3/c13-9-5-10(20-11(19-9)12(15,16)17)18-6-7-3-1-2-4-8(7)14/h1-5H,6H2,(H,18,19,20). The van der Waals surface area contributed by atoms with Crippen molar-refractivity contribution in [3.05, 3.63) is 52.7 Å². The van der Waals surface area contributed by atoms with Crippen molar-refractivity contribution in [1.29, 1.82) is 0 Å². The highest BCUT2D eigenvalue weighted by Gasteiger charge is 2.35. The van der Waals surface area contributed by atoms with Crippen LogP contribution in [-0.2, 0) is 12.7 Å². The lowest BCUT2D eigenvalue weighted by Gasteiger charge is -2.10. The SMILES string of the molecule is Fc1ccccc1CNc1cc(Cl)nc(C(F)(F)F)n1. The van der Waals surface area contributed by atoms with Crippen LogP contribution in [0.4, 0.5) is 23.4 Å². The van der Waals surface area contributed by atoms with Gasteiger partial charge in [-0.25, -0.2) is 14.4 Å². The molecule has 0 saturated carbocycles. The minimum absolute atomic E-state index is 0.0166. The van der Waals surface area contributed by atoms with E-state index in [9.17, 15) is 17.6 Å². The number of aromatic nitrogens is 2. The molecule has 0 aliphatic heterocycles. The normalized spacial score (nSPS) is 11.4. The summed E-state index contributed by atoms with van der Waals surface area (Å²) in [4.78, 5) is 6.39. The van der Waals surface area contributed by atoms with Crippen LogP contribution in [0.2, 0.25) is 5.15 Å². The molecule has 1 aromatic heterocycles. The zero-order chi connectivity index (χ0) is 14.8. The van der Waals surface area contributed by atoms with Crippen molar-refractivity contribution in [2.45, 2.75) is 12.7 Å². The van der Waals surface area contributed by atoms with E-state index in [1.165, 1.54) is 18.2 Å². The van der Waals surface area contributed by atoms with Gasteiger partial charge in [0.15, 0.2) is 0 Å². The van der Waals surface area contributed by atoms with Crippen LogP contribution in [0.3, 0.4) is 0 Å². The van der Waals surface area contributed by atoms with Gasteiger partial charge in [-0.3, -0.25) is 0 Å². The van der Waals surface area contributed by atoms with Gasteiger partial charge >= 0.3 is 6.18 Å². The smallest absolute Gasteiger partial charge is 0.366 e. The maximum atomic E-state index is 13.4. The molecule has 0 bridgehead atoms. The highest BCUT2D eigenvalue weighted by molar-refractivity contribution is 6.29. The third kappa shape index (κ3) is 3.57. The lowest BCUT2D eigenvalue weighted by atomic mass is 10.2. The van der Waals surface area contributed by atoms with Gasteiger partial charge in [0.2, 0.25) is 5.82 Å². The number of alkyl halides is 3. The number of nitrogens with zero attached hydrogens (tertiary/aromatic N) is 2. The monoisotopic (exact) mass is 305 g/mol. The first kappa shape index (κ1) is 14.5. The Morgan fingerprint density at radius 1 is 1.15 bits per heavy atom. The molecule has 0 atom stereocenters. The van der Waals surface area contributed by atoms with E-state index in [1.54, 1.807) is 6.07 Å². The molecule has 106 valence electrons. The average Bonchev–Trinajstić information content (AvgIpc) is 2.36. The van der Waals surface area contributed by atoms with Gasteiger partial charge in [0, 0.05) is 18.2 Å². The largest absolute Gasteiger partial charge is 0.451 e. The summed E-state index contributed by atoms with van der Waals surface area (Å²) in [5.74, 6) is -1.93. The number of benzene rings is 1. The van der Waals surface area contributed by atoms with E-state index in [0.717, 1.165) is 6.07 Å². The van der Waals surface area contributed by atoms with E-state index < -0.39 is 17.8 Å². The van der Waals surface area contributed by atoms with E-state index in [1.807, 2.05) is 0 Å². The van der Waals surface area contributed by atoms with Gasteiger partial charge in [0.25, 0.3) is 0 Å². The molecule has 1 heterocycles. The number of nitrogens with one attached hydrogen (secondary N) is 1. The van der Waals surface area contributed by atoms with E-state index in [0.29, 0.717) is 5.56 Å². The predicted octanol–water partition coefficient (Wildman–Crippen LogP) is 3.90. The Bertz CT molecular complexity index is 616. The zero-order valence-corrected chi connectivity index (χ0v) is 10.6. The minimum atomic E-state index is -4.70. The molecule has 0 radical (unpaired) electrons. The number of anilines is 1. The first-order chi connectivity index (χ1) is 9.36. The van der Waals surface area contributed by atoms with E-state index >= 15 is 0 Å². The van der Waals surface area contributed by atoms with Gasteiger partial charge in [0.1, 0.15) is 16.8 Å². The maximum Gasteiger partial charge on any atom is 0.451 e. The Kier molecular flexibility index (Phi) is 4.08. The van der Waals surface area contributed by atoms with Crippen molar-refractivity contribution >= 4 is 17.4 Å². The Hall–Kier alpha value is -1.89. The summed E-state index contributed by atoms with van der Waals surface area (Å²) in [6.07, 6.45) is -4.70. The van der Waals surface area contributed by atoms with Crippen LogP contribution >= 0.6 is 11.6 Å². The second-order valence-corrected chi connectivity index (χ2v) is 4.23. The quantitative estimate of drug-likeness (QED) is 0.690. The van der Waals surface area contributed by atoms with Crippen molar-refractivity contribution in [3.8, 4) is 0 Å². The van der Waals surface area contributed by atoms with Crippen LogP contribution in [0.25, 0.3) is 0 Å².